The SMILES string of the molecule is COc1ccc(C)cc1NC1=C(Sc2ccc(NC(=O)c3ccco3)cc2)C(=O)N(Cc2ccco2)C1=O. The molecule has 3 amide bonds. The van der Waals surface area contributed by atoms with Gasteiger partial charge in [-0.15, -0.1) is 0 Å². The molecule has 4 aromatic rings. The molecule has 0 fully saturated rings. The van der Waals surface area contributed by atoms with Gasteiger partial charge in [-0.25, -0.2) is 0 Å². The summed E-state index contributed by atoms with van der Waals surface area (Å²) in [5.41, 5.74) is 2.23. The Balaban J connectivity index is 1.42. The molecule has 3 heterocycles. The number of nitrogens with zero attached hydrogens (tertiary/aromatic N) is 1. The van der Waals surface area contributed by atoms with Gasteiger partial charge in [-0.3, -0.25) is 19.3 Å². The minimum atomic E-state index is -0.472. The number of hydrogen-bond donors (Lipinski definition) is 2. The molecule has 10 heteroatoms. The maximum absolute atomic E-state index is 13.5. The minimum absolute atomic E-state index is 0.00259. The van der Waals surface area contributed by atoms with Crippen molar-refractivity contribution in [3.05, 3.63) is 107 Å². The Labute approximate surface area is 222 Å². The van der Waals surface area contributed by atoms with Gasteiger partial charge in [-0.2, -0.15) is 0 Å². The number of furan rings is 2. The number of nitrogens with one attached hydrogen (secondary N) is 2. The van der Waals surface area contributed by atoms with Gasteiger partial charge >= 0.3 is 0 Å². The van der Waals surface area contributed by atoms with Crippen LogP contribution in [0, 0.1) is 6.92 Å². The Bertz CT molecular complexity index is 1510. The monoisotopic (exact) mass is 529 g/mol. The van der Waals surface area contributed by atoms with E-state index in [0.717, 1.165) is 22.2 Å². The van der Waals surface area contributed by atoms with Gasteiger partial charge in [-0.05, 0) is 73.2 Å². The maximum Gasteiger partial charge on any atom is 0.291 e. The van der Waals surface area contributed by atoms with Crippen LogP contribution < -0.4 is 15.4 Å². The summed E-state index contributed by atoms with van der Waals surface area (Å²) in [6.45, 7) is 1.92. The topological polar surface area (TPSA) is 114 Å². The van der Waals surface area contributed by atoms with Gasteiger partial charge in [0.25, 0.3) is 17.7 Å². The molecular weight excluding hydrogens is 506 g/mol. The van der Waals surface area contributed by atoms with E-state index >= 15 is 0 Å². The molecule has 38 heavy (non-hydrogen) atoms. The number of amides is 3. The van der Waals surface area contributed by atoms with Crippen LogP contribution in [-0.4, -0.2) is 29.7 Å². The van der Waals surface area contributed by atoms with Crippen molar-refractivity contribution in [1.29, 1.82) is 0 Å². The molecular formula is C28H23N3O6S. The number of carbonyl (C=O) groups excluding carboxylic acids is 3. The number of anilines is 2. The predicted molar refractivity (Wildman–Crippen MR) is 142 cm³/mol. The fourth-order valence-corrected chi connectivity index (χ4v) is 4.79. The van der Waals surface area contributed by atoms with Crippen LogP contribution in [0.4, 0.5) is 11.4 Å². The smallest absolute Gasteiger partial charge is 0.291 e. The van der Waals surface area contributed by atoms with Crippen LogP contribution in [0.25, 0.3) is 0 Å². The lowest BCUT2D eigenvalue weighted by molar-refractivity contribution is -0.138. The second-order valence-electron chi connectivity index (χ2n) is 8.37. The molecule has 0 atom stereocenters. The van der Waals surface area contributed by atoms with Gasteiger partial charge in [-0.1, -0.05) is 17.8 Å². The molecule has 0 bridgehead atoms. The molecule has 2 N–H and O–H groups in total. The summed E-state index contributed by atoms with van der Waals surface area (Å²) in [5, 5.41) is 5.89. The molecule has 0 spiro atoms. The van der Waals surface area contributed by atoms with E-state index in [9.17, 15) is 14.4 Å². The normalized spacial score (nSPS) is 13.3. The van der Waals surface area contributed by atoms with E-state index in [4.69, 9.17) is 13.6 Å². The lowest BCUT2D eigenvalue weighted by Gasteiger charge is -2.15. The van der Waals surface area contributed by atoms with Crippen molar-refractivity contribution < 1.29 is 28.0 Å². The van der Waals surface area contributed by atoms with E-state index in [1.807, 2.05) is 19.1 Å². The average Bonchev–Trinajstić information content (AvgIpc) is 3.67. The number of imide groups is 1. The second kappa shape index (κ2) is 10.7. The number of rotatable bonds is 9. The Hall–Kier alpha value is -4.70. The van der Waals surface area contributed by atoms with E-state index in [1.165, 1.54) is 19.6 Å². The van der Waals surface area contributed by atoms with Crippen molar-refractivity contribution in [3.8, 4) is 5.75 Å². The van der Waals surface area contributed by atoms with Crippen LogP contribution in [0.3, 0.4) is 0 Å². The molecule has 0 saturated carbocycles. The largest absolute Gasteiger partial charge is 0.495 e. The summed E-state index contributed by atoms with van der Waals surface area (Å²) in [6.07, 6.45) is 2.92. The quantitative estimate of drug-likeness (QED) is 0.276. The summed E-state index contributed by atoms with van der Waals surface area (Å²) < 4.78 is 15.9. The highest BCUT2D eigenvalue weighted by Gasteiger charge is 2.40. The van der Waals surface area contributed by atoms with Crippen molar-refractivity contribution in [2.24, 2.45) is 0 Å². The van der Waals surface area contributed by atoms with Gasteiger partial charge in [0.15, 0.2) is 5.76 Å². The molecule has 0 unspecified atom stereocenters. The van der Waals surface area contributed by atoms with Crippen LogP contribution in [0.5, 0.6) is 5.75 Å². The van der Waals surface area contributed by atoms with E-state index < -0.39 is 11.8 Å². The van der Waals surface area contributed by atoms with Crippen molar-refractivity contribution in [2.45, 2.75) is 18.4 Å². The number of thioether (sulfide) groups is 1. The number of methoxy groups -OCH3 is 1. The van der Waals surface area contributed by atoms with Gasteiger partial charge in [0.2, 0.25) is 0 Å². The fraction of sp³-hybridized carbons (Fsp3) is 0.107. The molecule has 0 radical (unpaired) electrons. The van der Waals surface area contributed by atoms with Crippen molar-refractivity contribution >= 4 is 40.9 Å². The van der Waals surface area contributed by atoms with Crippen LogP contribution >= 0.6 is 11.8 Å². The van der Waals surface area contributed by atoms with E-state index in [2.05, 4.69) is 10.6 Å². The third-order valence-electron chi connectivity index (χ3n) is 5.71. The Morgan fingerprint density at radius 2 is 1.74 bits per heavy atom. The molecule has 2 aromatic carbocycles. The zero-order valence-corrected chi connectivity index (χ0v) is 21.3. The summed E-state index contributed by atoms with van der Waals surface area (Å²) in [4.78, 5) is 41.2. The summed E-state index contributed by atoms with van der Waals surface area (Å²) in [5.74, 6) is -0.0686. The van der Waals surface area contributed by atoms with E-state index in [1.54, 1.807) is 54.6 Å². The zero-order valence-electron chi connectivity index (χ0n) is 20.5. The first kappa shape index (κ1) is 25.0. The highest BCUT2D eigenvalue weighted by molar-refractivity contribution is 8.04. The highest BCUT2D eigenvalue weighted by Crippen LogP contribution is 2.38. The van der Waals surface area contributed by atoms with Crippen molar-refractivity contribution in [3.63, 3.8) is 0 Å². The van der Waals surface area contributed by atoms with Gasteiger partial charge in [0, 0.05) is 10.6 Å². The molecule has 5 rings (SSSR count). The summed E-state index contributed by atoms with van der Waals surface area (Å²) >= 11 is 1.15. The Morgan fingerprint density at radius 1 is 0.974 bits per heavy atom. The van der Waals surface area contributed by atoms with Gasteiger partial charge < -0.3 is 24.2 Å². The van der Waals surface area contributed by atoms with Crippen molar-refractivity contribution in [2.75, 3.05) is 17.7 Å². The van der Waals surface area contributed by atoms with Crippen LogP contribution in [0.2, 0.25) is 0 Å². The van der Waals surface area contributed by atoms with E-state index in [-0.39, 0.29) is 28.8 Å². The molecule has 2 aromatic heterocycles. The zero-order chi connectivity index (χ0) is 26.6. The average molecular weight is 530 g/mol. The number of hydrogen-bond acceptors (Lipinski definition) is 8. The predicted octanol–water partition coefficient (Wildman–Crippen LogP) is 5.43. The fourth-order valence-electron chi connectivity index (χ4n) is 3.84. The van der Waals surface area contributed by atoms with Gasteiger partial charge in [0.1, 0.15) is 22.1 Å². The molecule has 0 aliphatic carbocycles. The number of benzene rings is 2. The minimum Gasteiger partial charge on any atom is -0.495 e. The van der Waals surface area contributed by atoms with Crippen LogP contribution in [-0.2, 0) is 16.1 Å². The first-order chi connectivity index (χ1) is 18.4. The van der Waals surface area contributed by atoms with Gasteiger partial charge in [0.05, 0.1) is 31.9 Å². The number of ether oxygens (including phenoxy) is 1. The first-order valence-corrected chi connectivity index (χ1v) is 12.4. The molecule has 1 aliphatic rings. The summed E-state index contributed by atoms with van der Waals surface area (Å²) in [6, 6.07) is 19.1. The van der Waals surface area contributed by atoms with Crippen molar-refractivity contribution in [1.82, 2.24) is 4.90 Å². The van der Waals surface area contributed by atoms with Crippen LogP contribution in [0.1, 0.15) is 21.9 Å². The first-order valence-electron chi connectivity index (χ1n) is 11.6. The lowest BCUT2D eigenvalue weighted by atomic mass is 10.2. The Kier molecular flexibility index (Phi) is 7.05. The second-order valence-corrected chi connectivity index (χ2v) is 9.45. The summed E-state index contributed by atoms with van der Waals surface area (Å²) in [7, 11) is 1.54. The third kappa shape index (κ3) is 5.21. The number of aryl methyl sites for hydroxylation is 1. The molecule has 9 nitrogen and oxygen atoms in total. The van der Waals surface area contributed by atoms with Crippen LogP contribution in [0.15, 0.2) is 104 Å². The molecule has 192 valence electrons. The van der Waals surface area contributed by atoms with E-state index in [0.29, 0.717) is 27.8 Å². The molecule has 1 aliphatic heterocycles. The molecule has 0 saturated heterocycles. The highest BCUT2D eigenvalue weighted by atomic mass is 32.2. The third-order valence-corrected chi connectivity index (χ3v) is 6.80. The number of carbonyl (C=O) groups is 3. The Morgan fingerprint density at radius 3 is 2.42 bits per heavy atom. The standard InChI is InChI=1S/C28H23N3O6S/c1-17-7-12-22(35-2)21(15-17)30-24-25(28(34)31(27(24)33)16-19-5-3-13-36-19)38-20-10-8-18(9-11-20)29-26(32)23-6-4-14-37-23/h3-15,30H,16H2,1-2H3,(H,29,32). The lowest BCUT2D eigenvalue weighted by Crippen LogP contribution is -2.31. The maximum atomic E-state index is 13.5.